The lowest BCUT2D eigenvalue weighted by molar-refractivity contribution is -0.122. The van der Waals surface area contributed by atoms with Crippen LogP contribution in [-0.2, 0) is 15.0 Å². The number of hydrogen-bond acceptors (Lipinski definition) is 4. The van der Waals surface area contributed by atoms with Crippen molar-refractivity contribution in [1.29, 1.82) is 0 Å². The van der Waals surface area contributed by atoms with E-state index < -0.39 is 0 Å². The van der Waals surface area contributed by atoms with E-state index in [9.17, 15) is 9.59 Å². The highest BCUT2D eigenvalue weighted by atomic mass is 16.5. The van der Waals surface area contributed by atoms with Gasteiger partial charge in [0.15, 0.2) is 5.78 Å². The first-order valence-corrected chi connectivity index (χ1v) is 11.1. The highest BCUT2D eigenvalue weighted by molar-refractivity contribution is 6.02. The molecule has 0 aromatic heterocycles. The average Bonchev–Trinajstić information content (AvgIpc) is 2.77. The Morgan fingerprint density at radius 1 is 0.906 bits per heavy atom. The van der Waals surface area contributed by atoms with Crippen molar-refractivity contribution in [3.63, 3.8) is 0 Å². The lowest BCUT2D eigenvalue weighted by Gasteiger charge is -2.35. The van der Waals surface area contributed by atoms with Crippen molar-refractivity contribution < 1.29 is 19.1 Å². The quantitative estimate of drug-likeness (QED) is 0.737. The van der Waals surface area contributed by atoms with Gasteiger partial charge < -0.3 is 14.8 Å². The Labute approximate surface area is 189 Å². The molecule has 0 radical (unpaired) electrons. The minimum Gasteiger partial charge on any atom is -0.497 e. The first-order chi connectivity index (χ1) is 15.2. The van der Waals surface area contributed by atoms with Gasteiger partial charge >= 0.3 is 0 Å². The van der Waals surface area contributed by atoms with E-state index in [-0.39, 0.29) is 35.4 Å². The van der Waals surface area contributed by atoms with Gasteiger partial charge in [-0.15, -0.1) is 0 Å². The van der Waals surface area contributed by atoms with Gasteiger partial charge in [0, 0.05) is 35.6 Å². The molecule has 1 aliphatic heterocycles. The molecule has 1 aliphatic carbocycles. The fourth-order valence-electron chi connectivity index (χ4n) is 4.83. The summed E-state index contributed by atoms with van der Waals surface area (Å²) in [5.74, 6) is 1.07. The van der Waals surface area contributed by atoms with E-state index in [1.807, 2.05) is 18.2 Å². The van der Waals surface area contributed by atoms with Crippen molar-refractivity contribution in [2.24, 2.45) is 0 Å². The van der Waals surface area contributed by atoms with Crippen LogP contribution in [0.5, 0.6) is 11.5 Å². The summed E-state index contributed by atoms with van der Waals surface area (Å²) in [5.41, 5.74) is 4.75. The Morgan fingerprint density at radius 2 is 1.62 bits per heavy atom. The summed E-state index contributed by atoms with van der Waals surface area (Å²) in [6, 6.07) is 14.1. The average molecular weight is 434 g/mol. The molecule has 2 aromatic rings. The highest BCUT2D eigenvalue weighted by Crippen LogP contribution is 2.45. The summed E-state index contributed by atoms with van der Waals surface area (Å²) < 4.78 is 10.9. The molecular weight excluding hydrogens is 402 g/mol. The molecule has 2 aromatic carbocycles. The normalized spacial score (nSPS) is 21.2. The Kier molecular flexibility index (Phi) is 5.85. The molecule has 5 nitrogen and oxygen atoms in total. The van der Waals surface area contributed by atoms with E-state index >= 15 is 0 Å². The molecule has 1 heterocycles. The minimum absolute atomic E-state index is 0.0570. The molecule has 0 bridgehead atoms. The molecule has 168 valence electrons. The Balaban J connectivity index is 1.70. The maximum Gasteiger partial charge on any atom is 0.225 e. The lowest BCUT2D eigenvalue weighted by atomic mass is 9.73. The van der Waals surface area contributed by atoms with Crippen molar-refractivity contribution in [2.75, 3.05) is 14.2 Å². The predicted octanol–water partition coefficient (Wildman–Crippen LogP) is 5.01. The summed E-state index contributed by atoms with van der Waals surface area (Å²) >= 11 is 0. The third kappa shape index (κ3) is 4.16. The first-order valence-electron chi connectivity index (χ1n) is 11.1. The van der Waals surface area contributed by atoms with Crippen molar-refractivity contribution in [3.8, 4) is 11.5 Å². The monoisotopic (exact) mass is 433 g/mol. The zero-order valence-corrected chi connectivity index (χ0v) is 19.5. The molecule has 0 saturated carbocycles. The van der Waals surface area contributed by atoms with Crippen LogP contribution in [-0.4, -0.2) is 25.9 Å². The molecule has 4 rings (SSSR count). The fourth-order valence-corrected chi connectivity index (χ4v) is 4.83. The van der Waals surface area contributed by atoms with Crippen molar-refractivity contribution in [1.82, 2.24) is 5.32 Å². The van der Waals surface area contributed by atoms with Crippen molar-refractivity contribution >= 4 is 11.7 Å². The standard InChI is InChI=1S/C27H31NO4/c1-27(2,3)18-8-6-16(7-9-18)17-12-22-26(23(29)13-17)21(15-25(30)28-22)20-14-19(31-4)10-11-24(20)32-5/h6-11,14,17,21H,12-13,15H2,1-5H3,(H,28,30). The third-order valence-corrected chi connectivity index (χ3v) is 6.60. The van der Waals surface area contributed by atoms with E-state index in [1.165, 1.54) is 5.56 Å². The molecule has 0 spiro atoms. The number of hydrogen-bond donors (Lipinski definition) is 1. The summed E-state index contributed by atoms with van der Waals surface area (Å²) in [6.45, 7) is 6.56. The van der Waals surface area contributed by atoms with Crippen LogP contribution in [0, 0.1) is 0 Å². The number of carbonyl (C=O) groups is 2. The smallest absolute Gasteiger partial charge is 0.225 e. The third-order valence-electron chi connectivity index (χ3n) is 6.60. The van der Waals surface area contributed by atoms with E-state index in [0.29, 0.717) is 29.9 Å². The molecule has 2 unspecified atom stereocenters. The second-order valence-corrected chi connectivity index (χ2v) is 9.71. The van der Waals surface area contributed by atoms with Gasteiger partial charge in [0.25, 0.3) is 0 Å². The van der Waals surface area contributed by atoms with Gasteiger partial charge in [0.05, 0.1) is 14.2 Å². The second kappa shape index (κ2) is 8.45. The number of rotatable bonds is 4. The predicted molar refractivity (Wildman–Crippen MR) is 124 cm³/mol. The number of ketones is 1. The molecule has 5 heteroatoms. The first kappa shape index (κ1) is 22.1. The van der Waals surface area contributed by atoms with Gasteiger partial charge in [-0.25, -0.2) is 0 Å². The zero-order valence-electron chi connectivity index (χ0n) is 19.5. The van der Waals surface area contributed by atoms with Gasteiger partial charge in [-0.3, -0.25) is 9.59 Å². The molecular formula is C27H31NO4. The topological polar surface area (TPSA) is 64.6 Å². The summed E-state index contributed by atoms with van der Waals surface area (Å²) in [6.07, 6.45) is 1.30. The van der Waals surface area contributed by atoms with Crippen LogP contribution in [0.4, 0.5) is 0 Å². The fraction of sp³-hybridized carbons (Fsp3) is 0.407. The van der Waals surface area contributed by atoms with Gasteiger partial charge in [-0.05, 0) is 47.1 Å². The van der Waals surface area contributed by atoms with Crippen LogP contribution in [0.15, 0.2) is 53.7 Å². The van der Waals surface area contributed by atoms with E-state index in [4.69, 9.17) is 9.47 Å². The van der Waals surface area contributed by atoms with Crippen LogP contribution < -0.4 is 14.8 Å². The number of benzene rings is 2. The number of Topliss-reactive ketones (excluding diaryl/α,β-unsaturated/α-hetero) is 1. The van der Waals surface area contributed by atoms with Gasteiger partial charge in [-0.2, -0.15) is 0 Å². The Bertz CT molecular complexity index is 1080. The van der Waals surface area contributed by atoms with Gasteiger partial charge in [0.2, 0.25) is 5.91 Å². The SMILES string of the molecule is COc1ccc(OC)c(C2CC(=O)NC3=C2C(=O)CC(c2ccc(C(C)(C)C)cc2)C3)c1. The molecule has 1 N–H and O–H groups in total. The van der Waals surface area contributed by atoms with Crippen LogP contribution in [0.1, 0.15) is 68.6 Å². The molecule has 1 amide bonds. The van der Waals surface area contributed by atoms with E-state index in [2.05, 4.69) is 50.4 Å². The largest absolute Gasteiger partial charge is 0.497 e. The molecule has 2 atom stereocenters. The van der Waals surface area contributed by atoms with Gasteiger partial charge in [0.1, 0.15) is 11.5 Å². The number of allylic oxidation sites excluding steroid dienone is 2. The van der Waals surface area contributed by atoms with E-state index in [0.717, 1.165) is 16.8 Å². The van der Waals surface area contributed by atoms with Crippen LogP contribution in [0.3, 0.4) is 0 Å². The van der Waals surface area contributed by atoms with Crippen LogP contribution >= 0.6 is 0 Å². The minimum atomic E-state index is -0.333. The highest BCUT2D eigenvalue weighted by Gasteiger charge is 2.39. The van der Waals surface area contributed by atoms with Crippen LogP contribution in [0.2, 0.25) is 0 Å². The number of amides is 1. The number of carbonyl (C=O) groups excluding carboxylic acids is 2. The maximum absolute atomic E-state index is 13.4. The Morgan fingerprint density at radius 3 is 2.25 bits per heavy atom. The van der Waals surface area contributed by atoms with Gasteiger partial charge in [-0.1, -0.05) is 45.0 Å². The number of methoxy groups -OCH3 is 2. The van der Waals surface area contributed by atoms with Crippen molar-refractivity contribution in [3.05, 3.63) is 70.4 Å². The Hall–Kier alpha value is -3.08. The molecule has 0 fully saturated rings. The second-order valence-electron chi connectivity index (χ2n) is 9.71. The molecule has 32 heavy (non-hydrogen) atoms. The molecule has 0 saturated heterocycles. The van der Waals surface area contributed by atoms with Crippen molar-refractivity contribution in [2.45, 2.75) is 57.3 Å². The van der Waals surface area contributed by atoms with E-state index in [1.54, 1.807) is 14.2 Å². The lowest BCUT2D eigenvalue weighted by Crippen LogP contribution is -2.38. The maximum atomic E-state index is 13.4. The summed E-state index contributed by atoms with van der Waals surface area (Å²) in [5, 5.41) is 3.00. The summed E-state index contributed by atoms with van der Waals surface area (Å²) in [7, 11) is 3.20. The zero-order chi connectivity index (χ0) is 23.0. The molecule has 2 aliphatic rings. The number of nitrogens with one attached hydrogen (secondary N) is 1. The summed E-state index contributed by atoms with van der Waals surface area (Å²) in [4.78, 5) is 26.0. The number of ether oxygens (including phenoxy) is 2. The van der Waals surface area contributed by atoms with Crippen LogP contribution in [0.25, 0.3) is 0 Å².